The molecule has 4 heteroatoms. The average Bonchev–Trinajstić information content (AvgIpc) is 2.92. The summed E-state index contributed by atoms with van der Waals surface area (Å²) in [6.45, 7) is 0. The number of nitrogens with one attached hydrogen (secondary N) is 1. The highest BCUT2D eigenvalue weighted by Gasteiger charge is 2.03. The van der Waals surface area contributed by atoms with Gasteiger partial charge in [-0.1, -0.05) is 34.1 Å². The van der Waals surface area contributed by atoms with E-state index >= 15 is 0 Å². The second-order valence-corrected chi connectivity index (χ2v) is 5.91. The third kappa shape index (κ3) is 4.80. The van der Waals surface area contributed by atoms with Crippen LogP contribution in [0.25, 0.3) is 0 Å². The maximum absolute atomic E-state index is 11.8. The standard InChI is InChI=1S/C15H16BrNOS/c16-11-12-4-1-5-13(10-12)17-15(18)8-2-6-14-7-3-9-19-14/h1,3-5,7,9-10H,2,6,8,11H2,(H,17,18). The molecule has 0 aliphatic carbocycles. The molecule has 0 radical (unpaired) electrons. The zero-order chi connectivity index (χ0) is 13.5. The van der Waals surface area contributed by atoms with Crippen molar-refractivity contribution in [3.63, 3.8) is 0 Å². The maximum atomic E-state index is 11.8. The van der Waals surface area contributed by atoms with Crippen LogP contribution < -0.4 is 5.32 Å². The van der Waals surface area contributed by atoms with E-state index in [2.05, 4.69) is 32.7 Å². The molecule has 0 aliphatic heterocycles. The Hall–Kier alpha value is -1.13. The van der Waals surface area contributed by atoms with Crippen molar-refractivity contribution in [2.45, 2.75) is 24.6 Å². The van der Waals surface area contributed by atoms with E-state index < -0.39 is 0 Å². The van der Waals surface area contributed by atoms with Crippen molar-refractivity contribution in [3.05, 3.63) is 52.2 Å². The molecule has 1 heterocycles. The summed E-state index contributed by atoms with van der Waals surface area (Å²) in [4.78, 5) is 13.2. The molecular formula is C15H16BrNOS. The van der Waals surface area contributed by atoms with Crippen molar-refractivity contribution in [2.75, 3.05) is 5.32 Å². The van der Waals surface area contributed by atoms with Gasteiger partial charge in [-0.15, -0.1) is 11.3 Å². The highest BCUT2D eigenvalue weighted by molar-refractivity contribution is 9.08. The van der Waals surface area contributed by atoms with Crippen LogP contribution >= 0.6 is 27.3 Å². The number of amides is 1. The molecule has 19 heavy (non-hydrogen) atoms. The first kappa shape index (κ1) is 14.3. The molecule has 1 aromatic carbocycles. The first-order chi connectivity index (χ1) is 9.28. The zero-order valence-electron chi connectivity index (χ0n) is 10.6. The molecule has 0 unspecified atom stereocenters. The van der Waals surface area contributed by atoms with Crippen LogP contribution in [0.2, 0.25) is 0 Å². The van der Waals surface area contributed by atoms with E-state index in [4.69, 9.17) is 0 Å². The van der Waals surface area contributed by atoms with E-state index in [1.54, 1.807) is 11.3 Å². The highest BCUT2D eigenvalue weighted by atomic mass is 79.9. The third-order valence-corrected chi connectivity index (χ3v) is 4.36. The van der Waals surface area contributed by atoms with Gasteiger partial charge in [0.2, 0.25) is 5.91 Å². The number of carbonyl (C=O) groups excluding carboxylic acids is 1. The lowest BCUT2D eigenvalue weighted by Crippen LogP contribution is -2.11. The molecule has 2 nitrogen and oxygen atoms in total. The Morgan fingerprint density at radius 3 is 2.89 bits per heavy atom. The van der Waals surface area contributed by atoms with Crippen LogP contribution in [0.5, 0.6) is 0 Å². The van der Waals surface area contributed by atoms with Gasteiger partial charge in [0.05, 0.1) is 0 Å². The highest BCUT2D eigenvalue weighted by Crippen LogP contribution is 2.15. The largest absolute Gasteiger partial charge is 0.326 e. The lowest BCUT2D eigenvalue weighted by molar-refractivity contribution is -0.116. The molecule has 1 amide bonds. The van der Waals surface area contributed by atoms with Crippen LogP contribution in [0, 0.1) is 0 Å². The van der Waals surface area contributed by atoms with Gasteiger partial charge < -0.3 is 5.32 Å². The van der Waals surface area contributed by atoms with Gasteiger partial charge in [-0.05, 0) is 42.0 Å². The summed E-state index contributed by atoms with van der Waals surface area (Å²) in [5.74, 6) is 0.0864. The van der Waals surface area contributed by atoms with Crippen LogP contribution in [0.3, 0.4) is 0 Å². The van der Waals surface area contributed by atoms with Gasteiger partial charge in [0.1, 0.15) is 0 Å². The van der Waals surface area contributed by atoms with E-state index in [1.807, 2.05) is 30.3 Å². The molecule has 0 saturated carbocycles. The molecule has 0 bridgehead atoms. The maximum Gasteiger partial charge on any atom is 0.224 e. The van der Waals surface area contributed by atoms with Gasteiger partial charge in [-0.2, -0.15) is 0 Å². The molecule has 100 valence electrons. The van der Waals surface area contributed by atoms with Crippen molar-refractivity contribution in [3.8, 4) is 0 Å². The Morgan fingerprint density at radius 1 is 1.26 bits per heavy atom. The van der Waals surface area contributed by atoms with E-state index in [0.717, 1.165) is 29.4 Å². The first-order valence-electron chi connectivity index (χ1n) is 6.25. The Kier molecular flexibility index (Phi) is 5.61. The number of aryl methyl sites for hydroxylation is 1. The molecule has 0 atom stereocenters. The fourth-order valence-corrected chi connectivity index (χ4v) is 2.93. The van der Waals surface area contributed by atoms with Crippen LogP contribution in [-0.4, -0.2) is 5.91 Å². The monoisotopic (exact) mass is 337 g/mol. The number of hydrogen-bond acceptors (Lipinski definition) is 2. The number of rotatable bonds is 6. The molecule has 0 aliphatic rings. The lowest BCUT2D eigenvalue weighted by atomic mass is 10.2. The lowest BCUT2D eigenvalue weighted by Gasteiger charge is -2.06. The summed E-state index contributed by atoms with van der Waals surface area (Å²) in [7, 11) is 0. The summed E-state index contributed by atoms with van der Waals surface area (Å²) in [6.07, 6.45) is 2.44. The summed E-state index contributed by atoms with van der Waals surface area (Å²) >= 11 is 5.16. The molecule has 0 spiro atoms. The van der Waals surface area contributed by atoms with Crippen molar-refractivity contribution in [2.24, 2.45) is 0 Å². The van der Waals surface area contributed by atoms with E-state index in [0.29, 0.717) is 6.42 Å². The number of halogens is 1. The van der Waals surface area contributed by atoms with E-state index in [9.17, 15) is 4.79 Å². The fourth-order valence-electron chi connectivity index (χ4n) is 1.83. The molecule has 2 rings (SSSR count). The van der Waals surface area contributed by atoms with Crippen LogP contribution in [-0.2, 0) is 16.5 Å². The number of carbonyl (C=O) groups is 1. The fraction of sp³-hybridized carbons (Fsp3) is 0.267. The topological polar surface area (TPSA) is 29.1 Å². The summed E-state index contributed by atoms with van der Waals surface area (Å²) < 4.78 is 0. The SMILES string of the molecule is O=C(CCCc1cccs1)Nc1cccc(CBr)c1. The van der Waals surface area contributed by atoms with Gasteiger partial charge in [0, 0.05) is 22.3 Å². The van der Waals surface area contributed by atoms with Gasteiger partial charge in [-0.3, -0.25) is 4.79 Å². The smallest absolute Gasteiger partial charge is 0.224 e. The minimum absolute atomic E-state index is 0.0864. The number of benzene rings is 1. The normalized spacial score (nSPS) is 10.4. The van der Waals surface area contributed by atoms with Crippen molar-refractivity contribution in [1.29, 1.82) is 0 Å². The molecule has 0 saturated heterocycles. The Morgan fingerprint density at radius 2 is 2.16 bits per heavy atom. The quantitative estimate of drug-likeness (QED) is 0.766. The molecule has 1 aromatic heterocycles. The first-order valence-corrected chi connectivity index (χ1v) is 8.25. The van der Waals surface area contributed by atoms with Crippen LogP contribution in [0.1, 0.15) is 23.3 Å². The predicted molar refractivity (Wildman–Crippen MR) is 85.0 cm³/mol. The van der Waals surface area contributed by atoms with Crippen LogP contribution in [0.15, 0.2) is 41.8 Å². The Balaban J connectivity index is 1.77. The summed E-state index contributed by atoms with van der Waals surface area (Å²) in [6, 6.07) is 12.1. The minimum atomic E-state index is 0.0864. The molecule has 2 aromatic rings. The van der Waals surface area contributed by atoms with Gasteiger partial charge >= 0.3 is 0 Å². The summed E-state index contributed by atoms with van der Waals surface area (Å²) in [5.41, 5.74) is 2.04. The summed E-state index contributed by atoms with van der Waals surface area (Å²) in [5, 5.41) is 5.81. The minimum Gasteiger partial charge on any atom is -0.326 e. The van der Waals surface area contributed by atoms with Crippen molar-refractivity contribution < 1.29 is 4.79 Å². The third-order valence-electron chi connectivity index (χ3n) is 2.77. The van der Waals surface area contributed by atoms with Gasteiger partial charge in [-0.25, -0.2) is 0 Å². The van der Waals surface area contributed by atoms with E-state index in [-0.39, 0.29) is 5.91 Å². The number of anilines is 1. The van der Waals surface area contributed by atoms with Crippen molar-refractivity contribution >= 4 is 38.9 Å². The number of hydrogen-bond donors (Lipinski definition) is 1. The molecule has 1 N–H and O–H groups in total. The second kappa shape index (κ2) is 7.46. The zero-order valence-corrected chi connectivity index (χ0v) is 13.0. The van der Waals surface area contributed by atoms with Crippen LogP contribution in [0.4, 0.5) is 5.69 Å². The van der Waals surface area contributed by atoms with E-state index in [1.165, 1.54) is 4.88 Å². The average molecular weight is 338 g/mol. The Labute approximate surface area is 126 Å². The van der Waals surface area contributed by atoms with Gasteiger partial charge in [0.25, 0.3) is 0 Å². The second-order valence-electron chi connectivity index (χ2n) is 4.32. The Bertz CT molecular complexity index is 525. The number of thiophene rings is 1. The van der Waals surface area contributed by atoms with Gasteiger partial charge in [0.15, 0.2) is 0 Å². The predicted octanol–water partition coefficient (Wildman–Crippen LogP) is 4.60. The number of alkyl halides is 1. The molecule has 0 fully saturated rings. The van der Waals surface area contributed by atoms with Crippen molar-refractivity contribution in [1.82, 2.24) is 0 Å². The molecular weight excluding hydrogens is 322 g/mol.